The van der Waals surface area contributed by atoms with Gasteiger partial charge in [0.25, 0.3) is 0 Å². The molecule has 3 aromatic carbocycles. The summed E-state index contributed by atoms with van der Waals surface area (Å²) < 4.78 is 0. The van der Waals surface area contributed by atoms with Crippen LogP contribution in [0.2, 0.25) is 0 Å². The van der Waals surface area contributed by atoms with Crippen LogP contribution in [0.3, 0.4) is 0 Å². The van der Waals surface area contributed by atoms with Crippen molar-refractivity contribution in [3.05, 3.63) is 90.5 Å². The normalized spacial score (nSPS) is 10.9. The second-order valence-electron chi connectivity index (χ2n) is 7.36. The second-order valence-corrected chi connectivity index (χ2v) is 7.36. The highest BCUT2D eigenvalue weighted by Crippen LogP contribution is 2.18. The van der Waals surface area contributed by atoms with E-state index in [4.69, 9.17) is 0 Å². The van der Waals surface area contributed by atoms with Gasteiger partial charge in [0.15, 0.2) is 0 Å². The fourth-order valence-corrected chi connectivity index (χ4v) is 3.04. The van der Waals surface area contributed by atoms with E-state index in [9.17, 15) is 4.79 Å². The number of hydrogen-bond donors (Lipinski definition) is 4. The molecule has 34 heavy (non-hydrogen) atoms. The van der Waals surface area contributed by atoms with Crippen LogP contribution in [0.15, 0.2) is 90.0 Å². The minimum Gasteiger partial charge on any atom is -0.326 e. The van der Waals surface area contributed by atoms with Gasteiger partial charge in [0.05, 0.1) is 5.71 Å². The number of rotatable bonds is 8. The lowest BCUT2D eigenvalue weighted by molar-refractivity contribution is -0.114. The van der Waals surface area contributed by atoms with Crippen molar-refractivity contribution < 1.29 is 4.79 Å². The molecular weight excluding hydrogens is 428 g/mol. The first kappa shape index (κ1) is 22.4. The Bertz CT molecular complexity index is 1220. The zero-order chi connectivity index (χ0) is 23.8. The van der Waals surface area contributed by atoms with Crippen LogP contribution in [0.1, 0.15) is 19.4 Å². The second kappa shape index (κ2) is 10.7. The Morgan fingerprint density at radius 2 is 1.15 bits per heavy atom. The summed E-state index contributed by atoms with van der Waals surface area (Å²) in [6.45, 7) is 3.34. The van der Waals surface area contributed by atoms with Gasteiger partial charge in [-0.15, -0.1) is 0 Å². The first-order valence-corrected chi connectivity index (χ1v) is 10.6. The Balaban J connectivity index is 1.56. The number of nitrogens with one attached hydrogen (secondary N) is 4. The lowest BCUT2D eigenvalue weighted by Crippen LogP contribution is -2.08. The molecule has 0 aliphatic rings. The SMILES string of the molecule is CC(=O)Nc1ccc(/C(C)=N/Nc2nc(Nc3ccccc3)nc(Nc3ccccc3)n2)cc1. The maximum absolute atomic E-state index is 11.2. The monoisotopic (exact) mass is 452 g/mol. The van der Waals surface area contributed by atoms with E-state index in [0.29, 0.717) is 11.9 Å². The molecule has 0 radical (unpaired) electrons. The zero-order valence-electron chi connectivity index (χ0n) is 18.8. The van der Waals surface area contributed by atoms with Gasteiger partial charge in [-0.25, -0.2) is 5.43 Å². The molecule has 0 atom stereocenters. The number of hydrazone groups is 1. The van der Waals surface area contributed by atoms with Gasteiger partial charge in [-0.1, -0.05) is 48.5 Å². The number of carbonyl (C=O) groups is 1. The summed E-state index contributed by atoms with van der Waals surface area (Å²) in [7, 11) is 0. The molecule has 4 aromatic rings. The van der Waals surface area contributed by atoms with Crippen molar-refractivity contribution in [2.24, 2.45) is 5.10 Å². The molecule has 0 saturated heterocycles. The molecule has 0 spiro atoms. The predicted octanol–water partition coefficient (Wildman–Crippen LogP) is 5.15. The van der Waals surface area contributed by atoms with Crippen LogP contribution in [0, 0.1) is 0 Å². The molecule has 1 heterocycles. The molecule has 1 amide bonds. The van der Waals surface area contributed by atoms with Gasteiger partial charge in [-0.3, -0.25) is 4.79 Å². The minimum atomic E-state index is -0.116. The largest absolute Gasteiger partial charge is 0.326 e. The highest BCUT2D eigenvalue weighted by molar-refractivity contribution is 5.99. The Hall–Kier alpha value is -4.79. The summed E-state index contributed by atoms with van der Waals surface area (Å²) in [5.41, 5.74) is 6.96. The lowest BCUT2D eigenvalue weighted by Gasteiger charge is -2.10. The van der Waals surface area contributed by atoms with Crippen LogP contribution in [0.4, 0.5) is 34.9 Å². The molecule has 0 saturated carbocycles. The molecule has 0 fully saturated rings. The Kier molecular flexibility index (Phi) is 7.04. The number of carbonyl (C=O) groups excluding carboxylic acids is 1. The third kappa shape index (κ3) is 6.36. The van der Waals surface area contributed by atoms with E-state index in [1.54, 1.807) is 0 Å². The smallest absolute Gasteiger partial charge is 0.250 e. The molecular formula is C25H24N8O. The fraction of sp³-hybridized carbons (Fsp3) is 0.0800. The fourth-order valence-electron chi connectivity index (χ4n) is 3.04. The van der Waals surface area contributed by atoms with Gasteiger partial charge < -0.3 is 16.0 Å². The van der Waals surface area contributed by atoms with Crippen molar-refractivity contribution in [1.29, 1.82) is 0 Å². The van der Waals surface area contributed by atoms with E-state index >= 15 is 0 Å². The molecule has 9 heteroatoms. The van der Waals surface area contributed by atoms with Gasteiger partial charge in [0.1, 0.15) is 0 Å². The molecule has 4 N–H and O–H groups in total. The first-order chi connectivity index (χ1) is 16.5. The van der Waals surface area contributed by atoms with Gasteiger partial charge in [0.2, 0.25) is 23.8 Å². The Morgan fingerprint density at radius 3 is 1.65 bits per heavy atom. The van der Waals surface area contributed by atoms with Crippen LogP contribution in [-0.4, -0.2) is 26.6 Å². The van der Waals surface area contributed by atoms with E-state index in [2.05, 4.69) is 41.4 Å². The molecule has 9 nitrogen and oxygen atoms in total. The van der Waals surface area contributed by atoms with E-state index in [1.165, 1.54) is 6.92 Å². The summed E-state index contributed by atoms with van der Waals surface area (Å²) in [5.74, 6) is 0.903. The summed E-state index contributed by atoms with van der Waals surface area (Å²) in [6, 6.07) is 26.7. The Labute approximate surface area is 197 Å². The summed E-state index contributed by atoms with van der Waals surface area (Å²) >= 11 is 0. The quantitative estimate of drug-likeness (QED) is 0.216. The average Bonchev–Trinajstić information content (AvgIpc) is 2.84. The maximum Gasteiger partial charge on any atom is 0.250 e. The van der Waals surface area contributed by atoms with Crippen molar-refractivity contribution >= 4 is 46.5 Å². The number of aromatic nitrogens is 3. The zero-order valence-corrected chi connectivity index (χ0v) is 18.8. The van der Waals surface area contributed by atoms with Gasteiger partial charge in [0, 0.05) is 24.0 Å². The average molecular weight is 453 g/mol. The minimum absolute atomic E-state index is 0.116. The van der Waals surface area contributed by atoms with Crippen molar-refractivity contribution in [3.63, 3.8) is 0 Å². The highest BCUT2D eigenvalue weighted by Gasteiger charge is 2.08. The molecule has 0 aliphatic heterocycles. The van der Waals surface area contributed by atoms with Crippen molar-refractivity contribution in [3.8, 4) is 0 Å². The third-order valence-electron chi connectivity index (χ3n) is 4.64. The summed E-state index contributed by atoms with van der Waals surface area (Å²) in [6.07, 6.45) is 0. The number of para-hydroxylation sites is 2. The number of benzene rings is 3. The summed E-state index contributed by atoms with van der Waals surface area (Å²) in [4.78, 5) is 24.6. The molecule has 170 valence electrons. The van der Waals surface area contributed by atoms with E-state index in [1.807, 2.05) is 91.9 Å². The lowest BCUT2D eigenvalue weighted by atomic mass is 10.1. The molecule has 0 unspecified atom stereocenters. The summed E-state index contributed by atoms with van der Waals surface area (Å²) in [5, 5.41) is 13.5. The maximum atomic E-state index is 11.2. The third-order valence-corrected chi connectivity index (χ3v) is 4.64. The first-order valence-electron chi connectivity index (χ1n) is 10.6. The van der Waals surface area contributed by atoms with Crippen molar-refractivity contribution in [1.82, 2.24) is 15.0 Å². The predicted molar refractivity (Wildman–Crippen MR) is 136 cm³/mol. The van der Waals surface area contributed by atoms with E-state index < -0.39 is 0 Å². The van der Waals surface area contributed by atoms with E-state index in [0.717, 1.165) is 28.3 Å². The highest BCUT2D eigenvalue weighted by atomic mass is 16.1. The molecule has 0 bridgehead atoms. The Morgan fingerprint density at radius 1 is 0.647 bits per heavy atom. The van der Waals surface area contributed by atoms with Crippen LogP contribution in [-0.2, 0) is 4.79 Å². The van der Waals surface area contributed by atoms with Crippen LogP contribution in [0.25, 0.3) is 0 Å². The number of anilines is 6. The molecule has 1 aromatic heterocycles. The van der Waals surface area contributed by atoms with Crippen molar-refractivity contribution in [2.75, 3.05) is 21.4 Å². The molecule has 0 aliphatic carbocycles. The van der Waals surface area contributed by atoms with Gasteiger partial charge in [-0.2, -0.15) is 20.1 Å². The number of nitrogens with zero attached hydrogens (tertiary/aromatic N) is 4. The van der Waals surface area contributed by atoms with Crippen LogP contribution in [0.5, 0.6) is 0 Å². The molecule has 4 rings (SSSR count). The number of hydrogen-bond acceptors (Lipinski definition) is 8. The van der Waals surface area contributed by atoms with Crippen LogP contribution >= 0.6 is 0 Å². The van der Waals surface area contributed by atoms with Crippen molar-refractivity contribution in [2.45, 2.75) is 13.8 Å². The van der Waals surface area contributed by atoms with Gasteiger partial charge >= 0.3 is 0 Å². The van der Waals surface area contributed by atoms with E-state index in [-0.39, 0.29) is 11.9 Å². The standard InChI is InChI=1S/C25H24N8O/c1-17(19-13-15-22(16-14-19)26-18(2)34)32-33-25-30-23(27-20-9-5-3-6-10-20)29-24(31-25)28-21-11-7-4-8-12-21/h3-16H,1-2H3,(H,26,34)(H3,27,28,29,30,31,33)/b32-17+. The number of amides is 1. The van der Waals surface area contributed by atoms with Crippen LogP contribution < -0.4 is 21.4 Å². The van der Waals surface area contributed by atoms with Gasteiger partial charge in [-0.05, 0) is 48.9 Å². The topological polar surface area (TPSA) is 116 Å².